The molecule has 0 radical (unpaired) electrons. The number of nitrogens with one attached hydrogen (secondary N) is 1. The van der Waals surface area contributed by atoms with Gasteiger partial charge in [0.25, 0.3) is 0 Å². The number of carbonyl (C=O) groups is 2. The highest BCUT2D eigenvalue weighted by molar-refractivity contribution is 7.88. The number of rotatable bonds is 11. The minimum Gasteiger partial charge on any atom is -0.485 e. The number of benzene rings is 3. The van der Waals surface area contributed by atoms with Gasteiger partial charge in [-0.2, -0.15) is 21.6 Å². The number of anilines is 1. The van der Waals surface area contributed by atoms with E-state index in [0.29, 0.717) is 41.8 Å². The number of carboxylic acids is 1. The molecule has 1 aliphatic rings. The third kappa shape index (κ3) is 7.19. The van der Waals surface area contributed by atoms with Crippen LogP contribution in [0.3, 0.4) is 0 Å². The van der Waals surface area contributed by atoms with Crippen LogP contribution in [-0.4, -0.2) is 30.9 Å². The molecule has 0 aliphatic heterocycles. The summed E-state index contributed by atoms with van der Waals surface area (Å²) in [5.41, 5.74) is -2.66. The van der Waals surface area contributed by atoms with Crippen molar-refractivity contribution in [3.63, 3.8) is 0 Å². The second-order valence-corrected chi connectivity index (χ2v) is 11.3. The van der Waals surface area contributed by atoms with Crippen LogP contribution >= 0.6 is 0 Å². The first-order chi connectivity index (χ1) is 20.2. The number of hydrogen-bond acceptors (Lipinski definition) is 7. The summed E-state index contributed by atoms with van der Waals surface area (Å²) >= 11 is 0. The largest absolute Gasteiger partial charge is 0.534 e. The molecule has 1 amide bonds. The van der Waals surface area contributed by atoms with Gasteiger partial charge in [0.15, 0.2) is 11.5 Å². The molecule has 1 aliphatic carbocycles. The smallest absolute Gasteiger partial charge is 0.485 e. The van der Waals surface area contributed by atoms with E-state index < -0.39 is 45.5 Å². The molecular weight excluding hydrogens is 598 g/mol. The van der Waals surface area contributed by atoms with E-state index in [1.165, 1.54) is 30.3 Å². The van der Waals surface area contributed by atoms with Crippen LogP contribution < -0.4 is 19.0 Å². The molecule has 0 saturated heterocycles. The van der Waals surface area contributed by atoms with Crippen LogP contribution in [0.25, 0.3) is 0 Å². The van der Waals surface area contributed by atoms with Gasteiger partial charge in [0.05, 0.1) is 0 Å². The normalized spacial score (nSPS) is 12.9. The van der Waals surface area contributed by atoms with Crippen molar-refractivity contribution in [2.45, 2.75) is 58.1 Å². The molecule has 2 N–H and O–H groups in total. The van der Waals surface area contributed by atoms with Crippen LogP contribution in [0.1, 0.15) is 47.6 Å². The zero-order valence-electron chi connectivity index (χ0n) is 23.0. The summed E-state index contributed by atoms with van der Waals surface area (Å²) < 4.78 is 93.1. The molecule has 3 aromatic rings. The SMILES string of the molecule is CCc1c(OS(=O)(=O)C(F)(F)F)ccc(Oc2c(C)cc(NC(=O)CC(=O)O)c3c2CCC3)c1OCc1ccc(F)cc1. The molecule has 0 unspecified atom stereocenters. The fourth-order valence-electron chi connectivity index (χ4n) is 4.74. The first-order valence-electron chi connectivity index (χ1n) is 13.1. The average molecular weight is 626 g/mol. The second-order valence-electron chi connectivity index (χ2n) is 9.72. The maximum Gasteiger partial charge on any atom is 0.534 e. The number of carbonyl (C=O) groups excluding carboxylic acids is 1. The van der Waals surface area contributed by atoms with Gasteiger partial charge in [0.2, 0.25) is 5.91 Å². The van der Waals surface area contributed by atoms with E-state index >= 15 is 0 Å². The lowest BCUT2D eigenvalue weighted by Crippen LogP contribution is -2.28. The topological polar surface area (TPSA) is 128 Å². The van der Waals surface area contributed by atoms with Gasteiger partial charge < -0.3 is 24.1 Å². The number of fused-ring (bicyclic) bond motifs is 1. The first-order valence-corrected chi connectivity index (χ1v) is 14.5. The van der Waals surface area contributed by atoms with Gasteiger partial charge in [-0.3, -0.25) is 9.59 Å². The van der Waals surface area contributed by atoms with Gasteiger partial charge in [0.1, 0.15) is 30.3 Å². The minimum atomic E-state index is -5.99. The third-order valence-corrected chi connectivity index (χ3v) is 7.61. The Labute approximate surface area is 244 Å². The van der Waals surface area contributed by atoms with Gasteiger partial charge in [-0.1, -0.05) is 19.1 Å². The van der Waals surface area contributed by atoms with Gasteiger partial charge >= 0.3 is 21.6 Å². The molecule has 0 spiro atoms. The number of aliphatic carboxylic acids is 1. The van der Waals surface area contributed by atoms with E-state index in [1.807, 2.05) is 0 Å². The Balaban J connectivity index is 1.76. The Kier molecular flexibility index (Phi) is 9.18. The molecule has 0 bridgehead atoms. The van der Waals surface area contributed by atoms with Crippen molar-refractivity contribution in [1.29, 1.82) is 0 Å². The lowest BCUT2D eigenvalue weighted by molar-refractivity contribution is -0.139. The van der Waals surface area contributed by atoms with Gasteiger partial charge in [-0.05, 0) is 79.6 Å². The van der Waals surface area contributed by atoms with E-state index in [1.54, 1.807) is 19.9 Å². The van der Waals surface area contributed by atoms with Crippen LogP contribution in [0.15, 0.2) is 42.5 Å². The number of hydrogen-bond donors (Lipinski definition) is 2. The molecule has 43 heavy (non-hydrogen) atoms. The van der Waals surface area contributed by atoms with Crippen LogP contribution in [0.5, 0.6) is 23.0 Å². The summed E-state index contributed by atoms with van der Waals surface area (Å²) in [4.78, 5) is 23.1. The van der Waals surface area contributed by atoms with Crippen molar-refractivity contribution in [3.05, 3.63) is 76.1 Å². The lowest BCUT2D eigenvalue weighted by atomic mass is 10.0. The summed E-state index contributed by atoms with van der Waals surface area (Å²) in [6.45, 7) is 3.10. The molecule has 0 aromatic heterocycles. The quantitative estimate of drug-likeness (QED) is 0.112. The first kappa shape index (κ1) is 31.6. The molecule has 9 nitrogen and oxygen atoms in total. The fraction of sp³-hybridized carbons (Fsp3) is 0.310. The molecule has 14 heteroatoms. The zero-order valence-corrected chi connectivity index (χ0v) is 23.8. The molecule has 230 valence electrons. The molecule has 0 saturated carbocycles. The summed E-state index contributed by atoms with van der Waals surface area (Å²) in [6.07, 6.45) is 1.13. The Morgan fingerprint density at radius 2 is 1.65 bits per heavy atom. The minimum absolute atomic E-state index is 0.00963. The second kappa shape index (κ2) is 12.5. The number of halogens is 4. The molecule has 0 heterocycles. The standard InChI is InChI=1S/C29H27F4NO8S/c1-3-19-23(42-43(38,39)29(31,32)33)11-12-24(28(19)40-15-17-7-9-18(30)10-8-17)41-27-16(2)13-22(20-5-4-6-21(20)27)34-25(35)14-26(36)37/h7-13H,3-6,14-15H2,1-2H3,(H,34,35)(H,36,37). The lowest BCUT2D eigenvalue weighted by Gasteiger charge is -2.22. The van der Waals surface area contributed by atoms with Gasteiger partial charge in [-0.25, -0.2) is 4.39 Å². The summed E-state index contributed by atoms with van der Waals surface area (Å²) in [7, 11) is -5.99. The predicted molar refractivity (Wildman–Crippen MR) is 146 cm³/mol. The Morgan fingerprint density at radius 3 is 2.28 bits per heavy atom. The number of aryl methyl sites for hydroxylation is 1. The maximum absolute atomic E-state index is 13.4. The molecule has 0 fully saturated rings. The molecule has 0 atom stereocenters. The highest BCUT2D eigenvalue weighted by atomic mass is 32.2. The van der Waals surface area contributed by atoms with Crippen LogP contribution in [0.2, 0.25) is 0 Å². The number of alkyl halides is 3. The highest BCUT2D eigenvalue weighted by Crippen LogP contribution is 2.46. The predicted octanol–water partition coefficient (Wildman–Crippen LogP) is 6.20. The van der Waals surface area contributed by atoms with Crippen LogP contribution in [0, 0.1) is 12.7 Å². The van der Waals surface area contributed by atoms with Crippen molar-refractivity contribution in [1.82, 2.24) is 0 Å². The van der Waals surface area contributed by atoms with Crippen LogP contribution in [-0.2, 0) is 45.6 Å². The maximum atomic E-state index is 13.4. The number of amides is 1. The monoisotopic (exact) mass is 625 g/mol. The van der Waals surface area contributed by atoms with Crippen molar-refractivity contribution in [2.75, 3.05) is 5.32 Å². The summed E-state index contributed by atoms with van der Waals surface area (Å²) in [5.74, 6) is -2.68. The summed E-state index contributed by atoms with van der Waals surface area (Å²) in [6, 6.07) is 9.20. The van der Waals surface area contributed by atoms with E-state index in [0.717, 1.165) is 17.2 Å². The van der Waals surface area contributed by atoms with Crippen LogP contribution in [0.4, 0.5) is 23.2 Å². The van der Waals surface area contributed by atoms with Crippen molar-refractivity contribution in [2.24, 2.45) is 0 Å². The van der Waals surface area contributed by atoms with E-state index in [2.05, 4.69) is 9.50 Å². The average Bonchev–Trinajstić information content (AvgIpc) is 3.40. The summed E-state index contributed by atoms with van der Waals surface area (Å²) in [5, 5.41) is 11.6. The third-order valence-electron chi connectivity index (χ3n) is 6.65. The Bertz CT molecular complexity index is 1650. The Morgan fingerprint density at radius 1 is 1.00 bits per heavy atom. The van der Waals surface area contributed by atoms with Crippen molar-refractivity contribution < 1.29 is 54.3 Å². The van der Waals surface area contributed by atoms with E-state index in [-0.39, 0.29) is 30.1 Å². The van der Waals surface area contributed by atoms with Gasteiger partial charge in [0, 0.05) is 16.8 Å². The number of ether oxygens (including phenoxy) is 2. The van der Waals surface area contributed by atoms with Gasteiger partial charge in [-0.15, -0.1) is 0 Å². The Hall–Kier alpha value is -4.33. The molecular formula is C29H27F4NO8S. The zero-order chi connectivity index (χ0) is 31.5. The fourth-order valence-corrected chi connectivity index (χ4v) is 5.22. The van der Waals surface area contributed by atoms with E-state index in [9.17, 15) is 35.6 Å². The number of carboxylic acid groups (broad SMARTS) is 1. The molecule has 3 aromatic carbocycles. The highest BCUT2D eigenvalue weighted by Gasteiger charge is 2.49. The van der Waals surface area contributed by atoms with Crippen molar-refractivity contribution >= 4 is 27.7 Å². The van der Waals surface area contributed by atoms with Crippen molar-refractivity contribution in [3.8, 4) is 23.0 Å². The van der Waals surface area contributed by atoms with E-state index in [4.69, 9.17) is 14.6 Å². The molecule has 4 rings (SSSR count).